The first-order chi connectivity index (χ1) is 7.16. The fourth-order valence-corrected chi connectivity index (χ4v) is 3.18. The molecule has 2 aliphatic heterocycles. The van der Waals surface area contributed by atoms with Crippen LogP contribution in [0.1, 0.15) is 32.6 Å². The molecule has 88 valence electrons. The van der Waals surface area contributed by atoms with Gasteiger partial charge in [-0.25, -0.2) is 0 Å². The van der Waals surface area contributed by atoms with E-state index in [1.165, 1.54) is 45.3 Å². The van der Waals surface area contributed by atoms with Crippen LogP contribution in [0.25, 0.3) is 0 Å². The molecule has 15 heavy (non-hydrogen) atoms. The maximum absolute atomic E-state index is 6.01. The van der Waals surface area contributed by atoms with Gasteiger partial charge >= 0.3 is 0 Å². The van der Waals surface area contributed by atoms with Gasteiger partial charge in [0.1, 0.15) is 0 Å². The van der Waals surface area contributed by atoms with E-state index in [0.29, 0.717) is 12.1 Å². The molecule has 0 amide bonds. The Morgan fingerprint density at radius 1 is 1.20 bits per heavy atom. The first-order valence-electron chi connectivity index (χ1n) is 6.36. The third-order valence-electron chi connectivity index (χ3n) is 4.04. The van der Waals surface area contributed by atoms with E-state index < -0.39 is 0 Å². The van der Waals surface area contributed by atoms with Gasteiger partial charge in [-0.1, -0.05) is 0 Å². The van der Waals surface area contributed by atoms with Crippen LogP contribution in [0.4, 0.5) is 0 Å². The molecule has 0 radical (unpaired) electrons. The molecule has 3 unspecified atom stereocenters. The highest BCUT2D eigenvalue weighted by molar-refractivity contribution is 4.88. The van der Waals surface area contributed by atoms with Crippen LogP contribution in [0.3, 0.4) is 0 Å². The molecular formula is C12H25N3. The number of hydrogen-bond donors (Lipinski definition) is 1. The lowest BCUT2D eigenvalue weighted by Crippen LogP contribution is -2.54. The number of piperidine rings is 2. The Hall–Kier alpha value is -0.120. The van der Waals surface area contributed by atoms with Crippen LogP contribution in [0.5, 0.6) is 0 Å². The molecule has 0 aliphatic carbocycles. The summed E-state index contributed by atoms with van der Waals surface area (Å²) < 4.78 is 0. The Balaban J connectivity index is 1.91. The summed E-state index contributed by atoms with van der Waals surface area (Å²) in [7, 11) is 2.24. The molecule has 2 heterocycles. The topological polar surface area (TPSA) is 32.5 Å². The van der Waals surface area contributed by atoms with Gasteiger partial charge in [0.05, 0.1) is 0 Å². The maximum Gasteiger partial charge on any atom is 0.0226 e. The third kappa shape index (κ3) is 2.71. The maximum atomic E-state index is 6.01. The molecule has 2 rings (SSSR count). The predicted molar refractivity (Wildman–Crippen MR) is 63.9 cm³/mol. The van der Waals surface area contributed by atoms with Crippen LogP contribution >= 0.6 is 0 Å². The molecule has 2 saturated heterocycles. The van der Waals surface area contributed by atoms with Crippen molar-refractivity contribution < 1.29 is 0 Å². The minimum absolute atomic E-state index is 0.442. The van der Waals surface area contributed by atoms with Crippen LogP contribution in [0.2, 0.25) is 0 Å². The molecule has 0 saturated carbocycles. The fourth-order valence-electron chi connectivity index (χ4n) is 3.18. The predicted octanol–water partition coefficient (Wildman–Crippen LogP) is 0.892. The molecule has 0 aromatic carbocycles. The molecule has 0 aromatic heterocycles. The van der Waals surface area contributed by atoms with Crippen molar-refractivity contribution in [2.24, 2.45) is 5.73 Å². The molecule has 0 spiro atoms. The zero-order valence-corrected chi connectivity index (χ0v) is 10.2. The van der Waals surface area contributed by atoms with E-state index >= 15 is 0 Å². The van der Waals surface area contributed by atoms with Gasteiger partial charge in [0.15, 0.2) is 0 Å². The molecule has 3 heteroatoms. The summed E-state index contributed by atoms with van der Waals surface area (Å²) >= 11 is 0. The van der Waals surface area contributed by atoms with Crippen LogP contribution in [0.15, 0.2) is 0 Å². The minimum Gasteiger partial charge on any atom is -0.328 e. The largest absolute Gasteiger partial charge is 0.328 e. The van der Waals surface area contributed by atoms with Gasteiger partial charge in [-0.05, 0) is 46.2 Å². The van der Waals surface area contributed by atoms with E-state index in [1.807, 2.05) is 0 Å². The standard InChI is InChI=1S/C12H25N3/c1-10-8-11(13)5-7-15(10)12-4-3-6-14(2)9-12/h10-12H,3-9,13H2,1-2H3. The quantitative estimate of drug-likeness (QED) is 0.699. The second-order valence-electron chi connectivity index (χ2n) is 5.43. The number of rotatable bonds is 1. The van der Waals surface area contributed by atoms with Crippen molar-refractivity contribution in [3.63, 3.8) is 0 Å². The molecule has 3 nitrogen and oxygen atoms in total. The van der Waals surface area contributed by atoms with E-state index in [4.69, 9.17) is 5.73 Å². The summed E-state index contributed by atoms with van der Waals surface area (Å²) in [4.78, 5) is 5.16. The van der Waals surface area contributed by atoms with Crippen molar-refractivity contribution in [1.29, 1.82) is 0 Å². The summed E-state index contributed by atoms with van der Waals surface area (Å²) in [6, 6.07) is 1.91. The van der Waals surface area contributed by atoms with Crippen LogP contribution < -0.4 is 5.73 Å². The first kappa shape index (κ1) is 11.4. The molecule has 0 bridgehead atoms. The highest BCUT2D eigenvalue weighted by Crippen LogP contribution is 2.23. The van der Waals surface area contributed by atoms with Crippen LogP contribution in [-0.2, 0) is 0 Å². The van der Waals surface area contributed by atoms with Crippen molar-refractivity contribution in [2.45, 2.75) is 50.7 Å². The summed E-state index contributed by atoms with van der Waals surface area (Å²) in [6.07, 6.45) is 5.10. The normalized spacial score (nSPS) is 40.6. The van der Waals surface area contributed by atoms with Crippen molar-refractivity contribution in [2.75, 3.05) is 26.7 Å². The Morgan fingerprint density at radius 2 is 2.00 bits per heavy atom. The van der Waals surface area contributed by atoms with Crippen molar-refractivity contribution in [3.05, 3.63) is 0 Å². The lowest BCUT2D eigenvalue weighted by molar-refractivity contribution is 0.0521. The number of hydrogen-bond acceptors (Lipinski definition) is 3. The average Bonchev–Trinajstić information content (AvgIpc) is 2.17. The average molecular weight is 211 g/mol. The van der Waals surface area contributed by atoms with Crippen molar-refractivity contribution in [3.8, 4) is 0 Å². The van der Waals surface area contributed by atoms with Gasteiger partial charge < -0.3 is 10.6 Å². The fraction of sp³-hybridized carbons (Fsp3) is 1.00. The van der Waals surface area contributed by atoms with Gasteiger partial charge in [-0.2, -0.15) is 0 Å². The first-order valence-corrected chi connectivity index (χ1v) is 6.36. The van der Waals surface area contributed by atoms with E-state index in [9.17, 15) is 0 Å². The van der Waals surface area contributed by atoms with Gasteiger partial charge in [0.2, 0.25) is 0 Å². The van der Waals surface area contributed by atoms with E-state index in [0.717, 1.165) is 6.04 Å². The third-order valence-corrected chi connectivity index (χ3v) is 4.04. The summed E-state index contributed by atoms with van der Waals surface area (Å²) in [5.41, 5.74) is 6.01. The van der Waals surface area contributed by atoms with Crippen LogP contribution in [-0.4, -0.2) is 54.6 Å². The number of likely N-dealkylation sites (N-methyl/N-ethyl adjacent to an activating group) is 1. The number of nitrogens with zero attached hydrogens (tertiary/aromatic N) is 2. The Morgan fingerprint density at radius 3 is 2.67 bits per heavy atom. The Kier molecular flexibility index (Phi) is 3.65. The summed E-state index contributed by atoms with van der Waals surface area (Å²) in [5.74, 6) is 0. The smallest absolute Gasteiger partial charge is 0.0226 e. The highest BCUT2D eigenvalue weighted by Gasteiger charge is 2.30. The van der Waals surface area contributed by atoms with Crippen molar-refractivity contribution >= 4 is 0 Å². The second kappa shape index (κ2) is 4.81. The summed E-state index contributed by atoms with van der Waals surface area (Å²) in [6.45, 7) is 6.08. The van der Waals surface area contributed by atoms with Gasteiger partial charge in [0, 0.05) is 31.2 Å². The number of nitrogens with two attached hydrogens (primary N) is 1. The molecular weight excluding hydrogens is 186 g/mol. The van der Waals surface area contributed by atoms with E-state index in [-0.39, 0.29) is 0 Å². The molecule has 0 aromatic rings. The van der Waals surface area contributed by atoms with E-state index in [2.05, 4.69) is 23.8 Å². The molecule has 3 atom stereocenters. The van der Waals surface area contributed by atoms with Crippen LogP contribution in [0, 0.1) is 0 Å². The van der Waals surface area contributed by atoms with Gasteiger partial charge in [0.25, 0.3) is 0 Å². The monoisotopic (exact) mass is 211 g/mol. The molecule has 2 fully saturated rings. The number of likely N-dealkylation sites (tertiary alicyclic amines) is 2. The van der Waals surface area contributed by atoms with Gasteiger partial charge in [-0.15, -0.1) is 0 Å². The molecule has 2 N–H and O–H groups in total. The Labute approximate surface area is 93.6 Å². The van der Waals surface area contributed by atoms with E-state index in [1.54, 1.807) is 0 Å². The van der Waals surface area contributed by atoms with Gasteiger partial charge in [-0.3, -0.25) is 4.90 Å². The zero-order chi connectivity index (χ0) is 10.8. The second-order valence-corrected chi connectivity index (χ2v) is 5.43. The lowest BCUT2D eigenvalue weighted by Gasteiger charge is -2.44. The Bertz CT molecular complexity index is 207. The summed E-state index contributed by atoms with van der Waals surface area (Å²) in [5, 5.41) is 0. The lowest BCUT2D eigenvalue weighted by atomic mass is 9.94. The SMILES string of the molecule is CC1CC(N)CCN1C1CCCN(C)C1. The highest BCUT2D eigenvalue weighted by atomic mass is 15.2. The molecule has 2 aliphatic rings. The zero-order valence-electron chi connectivity index (χ0n) is 10.2. The van der Waals surface area contributed by atoms with Crippen molar-refractivity contribution in [1.82, 2.24) is 9.80 Å². The minimum atomic E-state index is 0.442.